The van der Waals surface area contributed by atoms with Crippen LogP contribution in [0.3, 0.4) is 0 Å². The van der Waals surface area contributed by atoms with Crippen LogP contribution in [0.5, 0.6) is 0 Å². The summed E-state index contributed by atoms with van der Waals surface area (Å²) >= 11 is 0. The van der Waals surface area contributed by atoms with Crippen LogP contribution in [-0.4, -0.2) is 35.3 Å². The van der Waals surface area contributed by atoms with Crippen molar-refractivity contribution in [2.24, 2.45) is 0 Å². The zero-order valence-corrected chi connectivity index (χ0v) is 15.8. The molecule has 0 fully saturated rings. The zero-order valence-electron chi connectivity index (χ0n) is 15.0. The molecule has 26 heavy (non-hydrogen) atoms. The van der Waals surface area contributed by atoms with Crippen molar-refractivity contribution >= 4 is 32.5 Å². The van der Waals surface area contributed by atoms with Crippen LogP contribution in [0.25, 0.3) is 11.0 Å². The van der Waals surface area contributed by atoms with Crippen molar-refractivity contribution < 1.29 is 13.2 Å². The van der Waals surface area contributed by atoms with Crippen LogP contribution in [0.2, 0.25) is 0 Å². The van der Waals surface area contributed by atoms with Crippen LogP contribution >= 0.6 is 0 Å². The highest BCUT2D eigenvalue weighted by molar-refractivity contribution is 7.90. The Kier molecular flexibility index (Phi) is 4.53. The fraction of sp³-hybridized carbons (Fsp3) is 0.278. The average molecular weight is 372 g/mol. The van der Waals surface area contributed by atoms with E-state index in [4.69, 9.17) is 0 Å². The number of nitrogens with zero attached hydrogens (tertiary/aromatic N) is 3. The fourth-order valence-corrected chi connectivity index (χ4v) is 3.38. The molecule has 0 aliphatic heterocycles. The van der Waals surface area contributed by atoms with Gasteiger partial charge >= 0.3 is 0 Å². The minimum atomic E-state index is -3.35. The lowest BCUT2D eigenvalue weighted by Crippen LogP contribution is -2.14. The minimum Gasteiger partial charge on any atom is -0.322 e. The number of hydrogen-bond acceptors (Lipinski definition) is 5. The first kappa shape index (κ1) is 18.1. The number of carbonyl (C=O) groups excluding carboxylic acids is 1. The molecule has 1 amide bonds. The molecule has 0 aliphatic carbocycles. The summed E-state index contributed by atoms with van der Waals surface area (Å²) in [6.45, 7) is 5.80. The van der Waals surface area contributed by atoms with Gasteiger partial charge in [-0.15, -0.1) is 0 Å². The Morgan fingerprint density at radius 1 is 1.23 bits per heavy atom. The highest BCUT2D eigenvalue weighted by atomic mass is 32.2. The van der Waals surface area contributed by atoms with E-state index in [-0.39, 0.29) is 16.8 Å². The van der Waals surface area contributed by atoms with Crippen LogP contribution < -0.4 is 5.32 Å². The number of pyridine rings is 1. The lowest BCUT2D eigenvalue weighted by atomic mass is 10.1. The molecule has 1 N–H and O–H groups in total. The molecule has 0 saturated carbocycles. The van der Waals surface area contributed by atoms with E-state index in [9.17, 15) is 13.2 Å². The number of nitrogens with one attached hydrogen (secondary N) is 1. The SMILES string of the molecule is Cc1cc(C(=O)Nc2cccc(S(C)(=O)=O)c2)c2cnn(C(C)C)c2n1. The van der Waals surface area contributed by atoms with Crippen LogP contribution in [-0.2, 0) is 9.84 Å². The molecule has 1 aromatic carbocycles. The predicted molar refractivity (Wildman–Crippen MR) is 100 cm³/mol. The Morgan fingerprint density at radius 2 is 1.96 bits per heavy atom. The van der Waals surface area contributed by atoms with E-state index in [1.54, 1.807) is 29.1 Å². The monoisotopic (exact) mass is 372 g/mol. The molecule has 3 rings (SSSR count). The number of rotatable bonds is 4. The number of aromatic nitrogens is 3. The molecule has 136 valence electrons. The molecule has 8 heteroatoms. The smallest absolute Gasteiger partial charge is 0.256 e. The first-order chi connectivity index (χ1) is 12.2. The van der Waals surface area contributed by atoms with E-state index >= 15 is 0 Å². The first-order valence-corrected chi connectivity index (χ1v) is 10.0. The molecule has 0 unspecified atom stereocenters. The Hall–Kier alpha value is -2.74. The van der Waals surface area contributed by atoms with Crippen LogP contribution in [0.15, 0.2) is 41.4 Å². The van der Waals surface area contributed by atoms with Gasteiger partial charge in [0, 0.05) is 23.7 Å². The number of sulfone groups is 1. The number of benzene rings is 1. The van der Waals surface area contributed by atoms with Gasteiger partial charge in [-0.2, -0.15) is 5.10 Å². The molecular formula is C18H20N4O3S. The van der Waals surface area contributed by atoms with Crippen molar-refractivity contribution in [3.8, 4) is 0 Å². The highest BCUT2D eigenvalue weighted by Crippen LogP contribution is 2.23. The predicted octanol–water partition coefficient (Wildman–Crippen LogP) is 2.98. The topological polar surface area (TPSA) is 94.0 Å². The third-order valence-corrected chi connectivity index (χ3v) is 5.06. The summed E-state index contributed by atoms with van der Waals surface area (Å²) in [6.07, 6.45) is 2.76. The molecule has 0 bridgehead atoms. The van der Waals surface area contributed by atoms with E-state index in [1.807, 2.05) is 20.8 Å². The molecule has 7 nitrogen and oxygen atoms in total. The molecule has 2 aromatic heterocycles. The molecule has 0 atom stereocenters. The molecule has 0 aliphatic rings. The van der Waals surface area contributed by atoms with Gasteiger partial charge in [-0.3, -0.25) is 4.79 Å². The molecule has 0 saturated heterocycles. The lowest BCUT2D eigenvalue weighted by molar-refractivity contribution is 0.102. The van der Waals surface area contributed by atoms with Gasteiger partial charge in [0.05, 0.1) is 22.0 Å². The lowest BCUT2D eigenvalue weighted by Gasteiger charge is -2.10. The van der Waals surface area contributed by atoms with Gasteiger partial charge < -0.3 is 5.32 Å². The second-order valence-corrected chi connectivity index (χ2v) is 8.50. The van der Waals surface area contributed by atoms with Crippen molar-refractivity contribution in [2.45, 2.75) is 31.7 Å². The van der Waals surface area contributed by atoms with Crippen molar-refractivity contribution in [3.63, 3.8) is 0 Å². The molecule has 2 heterocycles. The molecule has 0 spiro atoms. The van der Waals surface area contributed by atoms with E-state index in [0.29, 0.717) is 28.0 Å². The summed E-state index contributed by atoms with van der Waals surface area (Å²) < 4.78 is 25.2. The van der Waals surface area contributed by atoms with Gasteiger partial charge in [-0.25, -0.2) is 18.1 Å². The van der Waals surface area contributed by atoms with E-state index in [1.165, 1.54) is 12.1 Å². The minimum absolute atomic E-state index is 0.115. The van der Waals surface area contributed by atoms with Gasteiger partial charge in [0.1, 0.15) is 0 Å². The third-order valence-electron chi connectivity index (χ3n) is 3.95. The largest absolute Gasteiger partial charge is 0.322 e. The van der Waals surface area contributed by atoms with Crippen LogP contribution in [0.1, 0.15) is 35.9 Å². The number of carbonyl (C=O) groups is 1. The number of amides is 1. The Morgan fingerprint density at radius 3 is 2.62 bits per heavy atom. The van der Waals surface area contributed by atoms with Crippen molar-refractivity contribution in [2.75, 3.05) is 11.6 Å². The zero-order chi connectivity index (χ0) is 19.1. The van der Waals surface area contributed by atoms with Crippen LogP contribution in [0, 0.1) is 6.92 Å². The first-order valence-electron chi connectivity index (χ1n) is 8.13. The number of anilines is 1. The van der Waals surface area contributed by atoms with Gasteiger partial charge in [-0.05, 0) is 45.0 Å². The average Bonchev–Trinajstić information content (AvgIpc) is 2.97. The Bertz CT molecular complexity index is 1100. The Balaban J connectivity index is 2.01. The van der Waals surface area contributed by atoms with E-state index in [0.717, 1.165) is 6.26 Å². The van der Waals surface area contributed by atoms with Gasteiger partial charge in [-0.1, -0.05) is 6.07 Å². The van der Waals surface area contributed by atoms with E-state index in [2.05, 4.69) is 15.4 Å². The number of fused-ring (bicyclic) bond motifs is 1. The molecular weight excluding hydrogens is 352 g/mol. The maximum absolute atomic E-state index is 12.8. The van der Waals surface area contributed by atoms with Crippen LogP contribution in [0.4, 0.5) is 5.69 Å². The summed E-state index contributed by atoms with van der Waals surface area (Å²) in [5, 5.41) is 7.74. The van der Waals surface area contributed by atoms with E-state index < -0.39 is 9.84 Å². The van der Waals surface area contributed by atoms with Gasteiger partial charge in [0.2, 0.25) is 0 Å². The molecule has 3 aromatic rings. The second-order valence-electron chi connectivity index (χ2n) is 6.49. The summed E-state index contributed by atoms with van der Waals surface area (Å²) in [7, 11) is -3.35. The number of hydrogen-bond donors (Lipinski definition) is 1. The fourth-order valence-electron chi connectivity index (χ4n) is 2.71. The quantitative estimate of drug-likeness (QED) is 0.760. The highest BCUT2D eigenvalue weighted by Gasteiger charge is 2.17. The van der Waals surface area contributed by atoms with Crippen molar-refractivity contribution in [3.05, 3.63) is 47.8 Å². The summed E-state index contributed by atoms with van der Waals surface area (Å²) in [4.78, 5) is 17.4. The van der Waals surface area contributed by atoms with Crippen molar-refractivity contribution in [1.29, 1.82) is 0 Å². The number of aryl methyl sites for hydroxylation is 1. The Labute approximate surface area is 152 Å². The second kappa shape index (κ2) is 6.53. The normalized spacial score (nSPS) is 11.9. The van der Waals surface area contributed by atoms with Crippen molar-refractivity contribution in [1.82, 2.24) is 14.8 Å². The van der Waals surface area contributed by atoms with Gasteiger partial charge in [0.25, 0.3) is 5.91 Å². The maximum Gasteiger partial charge on any atom is 0.256 e. The summed E-state index contributed by atoms with van der Waals surface area (Å²) in [5.74, 6) is -0.338. The summed E-state index contributed by atoms with van der Waals surface area (Å²) in [5.41, 5.74) is 2.21. The third kappa shape index (κ3) is 3.45. The summed E-state index contributed by atoms with van der Waals surface area (Å²) in [6, 6.07) is 7.99. The molecule has 0 radical (unpaired) electrons. The standard InChI is InChI=1S/C18H20N4O3S/c1-11(2)22-17-16(10-19-22)15(8-12(3)20-17)18(23)21-13-6-5-7-14(9-13)26(4,24)25/h5-11H,1-4H3,(H,21,23). The van der Waals surface area contributed by atoms with Gasteiger partial charge in [0.15, 0.2) is 15.5 Å². The maximum atomic E-state index is 12.8.